The molecular formula is C13H16O8. The topological polar surface area (TPSA) is 134 Å². The van der Waals surface area contributed by atoms with E-state index in [0.717, 1.165) is 6.07 Å². The molecule has 0 aliphatic carbocycles. The fraction of sp³-hybridized carbons (Fsp3) is 0.385. The molecule has 0 heterocycles. The Balaban J connectivity index is 3.31. The number of aromatic carboxylic acids is 1. The third-order valence-corrected chi connectivity index (χ3v) is 2.85. The van der Waals surface area contributed by atoms with Gasteiger partial charge in [-0.2, -0.15) is 0 Å². The van der Waals surface area contributed by atoms with Gasteiger partial charge in [-0.1, -0.05) is 0 Å². The molecule has 8 nitrogen and oxygen atoms in total. The van der Waals surface area contributed by atoms with Gasteiger partial charge in [0.15, 0.2) is 11.5 Å². The van der Waals surface area contributed by atoms with E-state index >= 15 is 0 Å². The first-order valence-electron chi connectivity index (χ1n) is 5.89. The van der Waals surface area contributed by atoms with Gasteiger partial charge in [0.2, 0.25) is 0 Å². The summed E-state index contributed by atoms with van der Waals surface area (Å²) in [4.78, 5) is 21.8. The highest BCUT2D eigenvalue weighted by Crippen LogP contribution is 2.34. The van der Waals surface area contributed by atoms with Gasteiger partial charge < -0.3 is 29.9 Å². The SMILES string of the molecule is COc1cc(C(=O)O)c(C(O)C(O)CC(=O)O)cc1OC. The van der Waals surface area contributed by atoms with Crippen molar-refractivity contribution < 1.29 is 39.5 Å². The predicted octanol–water partition coefficient (Wildman–Crippen LogP) is 0.271. The van der Waals surface area contributed by atoms with Gasteiger partial charge >= 0.3 is 11.9 Å². The summed E-state index contributed by atoms with van der Waals surface area (Å²) >= 11 is 0. The quantitative estimate of drug-likeness (QED) is 0.564. The number of aliphatic hydroxyl groups excluding tert-OH is 2. The van der Waals surface area contributed by atoms with Crippen molar-refractivity contribution in [1.82, 2.24) is 0 Å². The number of hydrogen-bond acceptors (Lipinski definition) is 6. The molecular weight excluding hydrogens is 284 g/mol. The van der Waals surface area contributed by atoms with Crippen LogP contribution >= 0.6 is 0 Å². The molecule has 0 bridgehead atoms. The van der Waals surface area contributed by atoms with Gasteiger partial charge in [-0.25, -0.2) is 4.79 Å². The van der Waals surface area contributed by atoms with Crippen LogP contribution in [0.2, 0.25) is 0 Å². The maximum absolute atomic E-state index is 11.2. The summed E-state index contributed by atoms with van der Waals surface area (Å²) in [5.74, 6) is -2.39. The van der Waals surface area contributed by atoms with E-state index < -0.39 is 30.6 Å². The molecule has 2 atom stereocenters. The fourth-order valence-electron chi connectivity index (χ4n) is 1.82. The lowest BCUT2D eigenvalue weighted by molar-refractivity contribution is -0.141. The molecule has 4 N–H and O–H groups in total. The second kappa shape index (κ2) is 6.91. The maximum Gasteiger partial charge on any atom is 0.336 e. The molecule has 0 saturated carbocycles. The second-order valence-corrected chi connectivity index (χ2v) is 4.21. The number of carboxylic acid groups (broad SMARTS) is 2. The van der Waals surface area contributed by atoms with Gasteiger partial charge in [0.05, 0.1) is 32.3 Å². The highest BCUT2D eigenvalue weighted by atomic mass is 16.5. The normalized spacial score (nSPS) is 13.3. The van der Waals surface area contributed by atoms with Crippen LogP contribution in [0.1, 0.15) is 28.4 Å². The first-order chi connectivity index (χ1) is 9.81. The van der Waals surface area contributed by atoms with Crippen molar-refractivity contribution in [1.29, 1.82) is 0 Å². The van der Waals surface area contributed by atoms with Crippen molar-refractivity contribution >= 4 is 11.9 Å². The van der Waals surface area contributed by atoms with Crippen LogP contribution in [0.15, 0.2) is 12.1 Å². The first-order valence-corrected chi connectivity index (χ1v) is 5.89. The third-order valence-electron chi connectivity index (χ3n) is 2.85. The van der Waals surface area contributed by atoms with E-state index in [1.807, 2.05) is 0 Å². The summed E-state index contributed by atoms with van der Waals surface area (Å²) < 4.78 is 9.96. The monoisotopic (exact) mass is 300 g/mol. The summed E-state index contributed by atoms with van der Waals surface area (Å²) in [5.41, 5.74) is -0.474. The number of aliphatic carboxylic acids is 1. The van der Waals surface area contributed by atoms with Gasteiger partial charge in [-0.15, -0.1) is 0 Å². The van der Waals surface area contributed by atoms with Crippen LogP contribution in [0.3, 0.4) is 0 Å². The molecule has 1 aromatic carbocycles. The van der Waals surface area contributed by atoms with E-state index in [1.54, 1.807) is 0 Å². The number of methoxy groups -OCH3 is 2. The molecule has 21 heavy (non-hydrogen) atoms. The Kier molecular flexibility index (Phi) is 5.51. The van der Waals surface area contributed by atoms with Crippen LogP contribution in [0.5, 0.6) is 11.5 Å². The molecule has 1 rings (SSSR count). The molecule has 0 saturated heterocycles. The Bertz CT molecular complexity index is 539. The number of carboxylic acids is 2. The number of carbonyl (C=O) groups is 2. The molecule has 116 valence electrons. The van der Waals surface area contributed by atoms with E-state index in [2.05, 4.69) is 0 Å². The van der Waals surface area contributed by atoms with Gasteiger partial charge in [-0.3, -0.25) is 4.79 Å². The third kappa shape index (κ3) is 3.83. The Morgan fingerprint density at radius 2 is 1.62 bits per heavy atom. The van der Waals surface area contributed by atoms with E-state index in [1.165, 1.54) is 20.3 Å². The highest BCUT2D eigenvalue weighted by Gasteiger charge is 2.27. The second-order valence-electron chi connectivity index (χ2n) is 4.21. The number of rotatable bonds is 7. The van der Waals surface area contributed by atoms with Crippen molar-refractivity contribution in [2.24, 2.45) is 0 Å². The summed E-state index contributed by atoms with van der Waals surface area (Å²) in [6, 6.07) is 2.32. The molecule has 0 aliphatic rings. The van der Waals surface area contributed by atoms with E-state index in [-0.39, 0.29) is 22.6 Å². The number of aliphatic hydroxyl groups is 2. The van der Waals surface area contributed by atoms with Crippen LogP contribution in [-0.2, 0) is 4.79 Å². The summed E-state index contributed by atoms with van der Waals surface area (Å²) in [7, 11) is 2.64. The lowest BCUT2D eigenvalue weighted by Gasteiger charge is -2.20. The van der Waals surface area contributed by atoms with Gasteiger partial charge in [0, 0.05) is 5.56 Å². The number of ether oxygens (including phenoxy) is 2. The molecule has 0 spiro atoms. The predicted molar refractivity (Wildman–Crippen MR) is 69.7 cm³/mol. The zero-order valence-corrected chi connectivity index (χ0v) is 11.4. The lowest BCUT2D eigenvalue weighted by atomic mass is 9.96. The Hall–Kier alpha value is -2.32. The molecule has 0 radical (unpaired) electrons. The van der Waals surface area contributed by atoms with E-state index in [9.17, 15) is 19.8 Å². The van der Waals surface area contributed by atoms with Crippen molar-refractivity contribution in [3.05, 3.63) is 23.3 Å². The van der Waals surface area contributed by atoms with Crippen LogP contribution in [0, 0.1) is 0 Å². The van der Waals surface area contributed by atoms with E-state index in [0.29, 0.717) is 0 Å². The average Bonchev–Trinajstić information content (AvgIpc) is 2.43. The van der Waals surface area contributed by atoms with Crippen LogP contribution < -0.4 is 9.47 Å². The lowest BCUT2D eigenvalue weighted by Crippen LogP contribution is -2.23. The minimum atomic E-state index is -1.69. The zero-order valence-electron chi connectivity index (χ0n) is 11.4. The fourth-order valence-corrected chi connectivity index (χ4v) is 1.82. The zero-order chi connectivity index (χ0) is 16.2. The van der Waals surface area contributed by atoms with Crippen molar-refractivity contribution in [2.75, 3.05) is 14.2 Å². The van der Waals surface area contributed by atoms with Crippen LogP contribution in [-0.4, -0.2) is 52.7 Å². The van der Waals surface area contributed by atoms with Gasteiger partial charge in [0.1, 0.15) is 6.10 Å². The molecule has 1 aromatic rings. The summed E-state index contributed by atoms with van der Waals surface area (Å²) in [5, 5.41) is 37.4. The Morgan fingerprint density at radius 3 is 2.05 bits per heavy atom. The minimum Gasteiger partial charge on any atom is -0.493 e. The average molecular weight is 300 g/mol. The molecule has 0 aromatic heterocycles. The number of benzene rings is 1. The summed E-state index contributed by atoms with van der Waals surface area (Å²) in [6.45, 7) is 0. The van der Waals surface area contributed by atoms with Crippen molar-refractivity contribution in [2.45, 2.75) is 18.6 Å². The molecule has 2 unspecified atom stereocenters. The van der Waals surface area contributed by atoms with Gasteiger partial charge in [-0.05, 0) is 12.1 Å². The van der Waals surface area contributed by atoms with Crippen LogP contribution in [0.4, 0.5) is 0 Å². The minimum absolute atomic E-state index is 0.138. The molecule has 8 heteroatoms. The van der Waals surface area contributed by atoms with Crippen LogP contribution in [0.25, 0.3) is 0 Å². The van der Waals surface area contributed by atoms with Crippen molar-refractivity contribution in [3.8, 4) is 11.5 Å². The van der Waals surface area contributed by atoms with Crippen molar-refractivity contribution in [3.63, 3.8) is 0 Å². The standard InChI is InChI=1S/C13H16O8/c1-20-9-3-6(12(17)8(14)5-11(15)16)7(13(18)19)4-10(9)21-2/h3-4,8,12,14,17H,5H2,1-2H3,(H,15,16)(H,18,19). The molecule has 0 amide bonds. The Morgan fingerprint density at radius 1 is 1.10 bits per heavy atom. The number of hydrogen-bond donors (Lipinski definition) is 4. The van der Waals surface area contributed by atoms with E-state index in [4.69, 9.17) is 19.7 Å². The first kappa shape index (κ1) is 16.7. The Labute approximate surface area is 120 Å². The molecule has 0 fully saturated rings. The highest BCUT2D eigenvalue weighted by molar-refractivity contribution is 5.90. The maximum atomic E-state index is 11.2. The molecule has 0 aliphatic heterocycles. The van der Waals surface area contributed by atoms with Gasteiger partial charge in [0.25, 0.3) is 0 Å². The largest absolute Gasteiger partial charge is 0.493 e. The summed E-state index contributed by atoms with van der Waals surface area (Å²) in [6.07, 6.45) is -4.07. The smallest absolute Gasteiger partial charge is 0.336 e.